The van der Waals surface area contributed by atoms with Crippen LogP contribution in [0, 0.1) is 5.41 Å². The number of aliphatic hydroxyl groups excluding tert-OH is 2. The van der Waals surface area contributed by atoms with E-state index in [-0.39, 0.29) is 26.1 Å². The number of hydrogen-bond acceptors (Lipinski definition) is 8. The first-order valence-electron chi connectivity index (χ1n) is 10.4. The van der Waals surface area contributed by atoms with Gasteiger partial charge in [-0.25, -0.2) is 9.59 Å². The summed E-state index contributed by atoms with van der Waals surface area (Å²) in [5.41, 5.74) is -0.629. The second-order valence-corrected chi connectivity index (χ2v) is 7.52. The van der Waals surface area contributed by atoms with Crippen LogP contribution in [0.3, 0.4) is 0 Å². The molecule has 0 saturated heterocycles. The molecule has 0 radical (unpaired) electrons. The number of carbonyl (C=O) groups excluding carboxylic acids is 4. The van der Waals surface area contributed by atoms with Crippen molar-refractivity contribution in [2.75, 3.05) is 26.4 Å². The van der Waals surface area contributed by atoms with Crippen molar-refractivity contribution < 1.29 is 38.9 Å². The maximum Gasteiger partial charge on any atom is 0.331 e. The average molecular weight is 430 g/mol. The first kappa shape index (κ1) is 25.8. The molecule has 0 aliphatic heterocycles. The van der Waals surface area contributed by atoms with Crippen molar-refractivity contribution in [3.63, 3.8) is 0 Å². The third-order valence-corrected chi connectivity index (χ3v) is 5.16. The summed E-state index contributed by atoms with van der Waals surface area (Å²) in [6.07, 6.45) is 3.97. The highest BCUT2D eigenvalue weighted by Crippen LogP contribution is 2.42. The van der Waals surface area contributed by atoms with Gasteiger partial charge in [0.05, 0.1) is 26.4 Å². The lowest BCUT2D eigenvalue weighted by molar-refractivity contribution is -0.149. The van der Waals surface area contributed by atoms with Gasteiger partial charge in [0, 0.05) is 12.8 Å². The Labute approximate surface area is 176 Å². The Balaban J connectivity index is 2.78. The van der Waals surface area contributed by atoms with Crippen molar-refractivity contribution in [2.45, 2.75) is 70.9 Å². The van der Waals surface area contributed by atoms with Gasteiger partial charge in [-0.2, -0.15) is 0 Å². The van der Waals surface area contributed by atoms with Gasteiger partial charge < -0.3 is 30.3 Å². The van der Waals surface area contributed by atoms with Crippen LogP contribution in [0.2, 0.25) is 0 Å². The third kappa shape index (κ3) is 8.27. The summed E-state index contributed by atoms with van der Waals surface area (Å²) < 4.78 is 9.66. The van der Waals surface area contributed by atoms with E-state index < -0.39 is 54.5 Å². The molecule has 2 atom stereocenters. The zero-order valence-corrected chi connectivity index (χ0v) is 17.8. The molecule has 1 aliphatic carbocycles. The monoisotopic (exact) mass is 430 g/mol. The van der Waals surface area contributed by atoms with Crippen LogP contribution in [0.1, 0.15) is 58.8 Å². The number of esters is 2. The summed E-state index contributed by atoms with van der Waals surface area (Å²) >= 11 is 0. The zero-order valence-electron chi connectivity index (χ0n) is 17.8. The van der Waals surface area contributed by atoms with E-state index in [4.69, 9.17) is 9.47 Å². The Bertz CT molecular complexity index is 545. The van der Waals surface area contributed by atoms with Gasteiger partial charge in [-0.1, -0.05) is 19.3 Å². The molecule has 1 fully saturated rings. The highest BCUT2D eigenvalue weighted by molar-refractivity contribution is 5.87. The predicted molar refractivity (Wildman–Crippen MR) is 106 cm³/mol. The number of rotatable bonds is 12. The van der Waals surface area contributed by atoms with Crippen molar-refractivity contribution in [1.82, 2.24) is 10.6 Å². The smallest absolute Gasteiger partial charge is 0.331 e. The van der Waals surface area contributed by atoms with E-state index in [0.29, 0.717) is 12.8 Å². The summed E-state index contributed by atoms with van der Waals surface area (Å²) in [6, 6.07) is -2.32. The second kappa shape index (κ2) is 13.2. The number of ether oxygens (including phenoxy) is 2. The van der Waals surface area contributed by atoms with Crippen LogP contribution in [-0.4, -0.2) is 72.5 Å². The van der Waals surface area contributed by atoms with E-state index >= 15 is 0 Å². The van der Waals surface area contributed by atoms with Gasteiger partial charge in [0.25, 0.3) is 0 Å². The number of carbonyl (C=O) groups is 4. The molecule has 172 valence electrons. The Morgan fingerprint density at radius 3 is 1.53 bits per heavy atom. The molecule has 0 aromatic carbocycles. The van der Waals surface area contributed by atoms with E-state index in [1.54, 1.807) is 13.8 Å². The molecule has 4 N–H and O–H groups in total. The molecule has 1 saturated carbocycles. The Morgan fingerprint density at radius 2 is 1.20 bits per heavy atom. The molecule has 0 unspecified atom stereocenters. The molecule has 1 aliphatic rings. The quantitative estimate of drug-likeness (QED) is 0.311. The minimum absolute atomic E-state index is 0.000473. The molecule has 10 nitrogen and oxygen atoms in total. The SMILES string of the molecule is CCOC(=O)[C@@H](CO)NC(=O)CC1(CC(=O)N[C@H](CO)C(=O)OCC)CCCCC1. The highest BCUT2D eigenvalue weighted by Gasteiger charge is 2.38. The average Bonchev–Trinajstić information content (AvgIpc) is 2.70. The van der Waals surface area contributed by atoms with Gasteiger partial charge in [-0.3, -0.25) is 9.59 Å². The number of aliphatic hydroxyl groups is 2. The number of nitrogens with one attached hydrogen (secondary N) is 2. The first-order valence-corrected chi connectivity index (χ1v) is 10.4. The summed E-state index contributed by atoms with van der Waals surface area (Å²) in [4.78, 5) is 48.7. The van der Waals surface area contributed by atoms with Gasteiger partial charge >= 0.3 is 11.9 Å². The molecule has 2 amide bonds. The van der Waals surface area contributed by atoms with E-state index in [1.165, 1.54) is 0 Å². The Hall–Kier alpha value is -2.20. The Morgan fingerprint density at radius 1 is 0.800 bits per heavy atom. The molecule has 0 heterocycles. The number of hydrogen-bond donors (Lipinski definition) is 4. The van der Waals surface area contributed by atoms with Crippen LogP contribution in [0.4, 0.5) is 0 Å². The summed E-state index contributed by atoms with van der Waals surface area (Å²) in [5, 5.41) is 23.7. The van der Waals surface area contributed by atoms with Crippen molar-refractivity contribution >= 4 is 23.8 Å². The summed E-state index contributed by atoms with van der Waals surface area (Å²) in [5.74, 6) is -2.35. The van der Waals surface area contributed by atoms with Gasteiger partial charge in [-0.05, 0) is 32.1 Å². The predicted octanol–water partition coefficient (Wildman–Crippen LogP) is -0.202. The Kier molecular flexibility index (Phi) is 11.3. The van der Waals surface area contributed by atoms with Gasteiger partial charge in [0.2, 0.25) is 11.8 Å². The van der Waals surface area contributed by atoms with Crippen LogP contribution < -0.4 is 10.6 Å². The maximum absolute atomic E-state index is 12.6. The fourth-order valence-corrected chi connectivity index (χ4v) is 3.73. The minimum Gasteiger partial charge on any atom is -0.464 e. The van der Waals surface area contributed by atoms with Gasteiger partial charge in [0.1, 0.15) is 0 Å². The van der Waals surface area contributed by atoms with Crippen molar-refractivity contribution in [3.05, 3.63) is 0 Å². The fraction of sp³-hybridized carbons (Fsp3) is 0.800. The highest BCUT2D eigenvalue weighted by atomic mass is 16.5. The maximum atomic E-state index is 12.6. The van der Waals surface area contributed by atoms with Gasteiger partial charge in [-0.15, -0.1) is 0 Å². The normalized spacial score (nSPS) is 17.3. The molecule has 0 spiro atoms. The molecule has 30 heavy (non-hydrogen) atoms. The van der Waals surface area contributed by atoms with E-state index in [2.05, 4.69) is 10.6 Å². The van der Waals surface area contributed by atoms with E-state index in [1.807, 2.05) is 0 Å². The standard InChI is InChI=1S/C20H34N2O8/c1-3-29-18(27)14(12-23)21-16(25)10-20(8-6-5-7-9-20)11-17(26)22-15(13-24)19(28)30-4-2/h14-15,23-24H,3-13H2,1-2H3,(H,21,25)(H,22,26)/t14-,15-/m1/s1. The molecule has 0 aromatic heterocycles. The number of amides is 2. The third-order valence-electron chi connectivity index (χ3n) is 5.16. The second-order valence-electron chi connectivity index (χ2n) is 7.52. The van der Waals surface area contributed by atoms with Crippen LogP contribution in [-0.2, 0) is 28.7 Å². The first-order chi connectivity index (χ1) is 14.3. The summed E-state index contributed by atoms with van der Waals surface area (Å²) in [7, 11) is 0. The van der Waals surface area contributed by atoms with Crippen LogP contribution >= 0.6 is 0 Å². The largest absolute Gasteiger partial charge is 0.464 e. The molecule has 0 bridgehead atoms. The van der Waals surface area contributed by atoms with Crippen LogP contribution in [0.25, 0.3) is 0 Å². The topological polar surface area (TPSA) is 151 Å². The van der Waals surface area contributed by atoms with Gasteiger partial charge in [0.15, 0.2) is 12.1 Å². The molecule has 10 heteroatoms. The lowest BCUT2D eigenvalue weighted by Crippen LogP contribution is -2.48. The van der Waals surface area contributed by atoms with Crippen molar-refractivity contribution in [1.29, 1.82) is 0 Å². The van der Waals surface area contributed by atoms with Crippen molar-refractivity contribution in [2.24, 2.45) is 5.41 Å². The zero-order chi connectivity index (χ0) is 22.6. The fourth-order valence-electron chi connectivity index (χ4n) is 3.73. The van der Waals surface area contributed by atoms with Crippen LogP contribution in [0.5, 0.6) is 0 Å². The molecule has 1 rings (SSSR count). The lowest BCUT2D eigenvalue weighted by Gasteiger charge is -2.37. The minimum atomic E-state index is -1.16. The van der Waals surface area contributed by atoms with E-state index in [9.17, 15) is 29.4 Å². The lowest BCUT2D eigenvalue weighted by atomic mass is 9.69. The van der Waals surface area contributed by atoms with Crippen molar-refractivity contribution in [3.8, 4) is 0 Å². The van der Waals surface area contributed by atoms with E-state index in [0.717, 1.165) is 19.3 Å². The molecular weight excluding hydrogens is 396 g/mol. The summed E-state index contributed by atoms with van der Waals surface area (Å²) in [6.45, 7) is 2.33. The van der Waals surface area contributed by atoms with Crippen LogP contribution in [0.15, 0.2) is 0 Å². The molecular formula is C20H34N2O8. The molecule has 0 aromatic rings.